The van der Waals surface area contributed by atoms with Crippen molar-refractivity contribution in [2.45, 2.75) is 19.4 Å². The molecule has 0 bridgehead atoms. The summed E-state index contributed by atoms with van der Waals surface area (Å²) in [5, 5.41) is 0. The number of hydrogen-bond donors (Lipinski definition) is 1. The van der Waals surface area contributed by atoms with Gasteiger partial charge in [0.25, 0.3) is 0 Å². The molecule has 1 saturated heterocycles. The number of aromatic nitrogens is 2. The Kier molecular flexibility index (Phi) is 4.74. The number of fused-ring (bicyclic) bond motifs is 1. The van der Waals surface area contributed by atoms with Crippen molar-refractivity contribution < 1.29 is 9.53 Å². The van der Waals surface area contributed by atoms with Crippen LogP contribution in [0.5, 0.6) is 0 Å². The summed E-state index contributed by atoms with van der Waals surface area (Å²) in [6, 6.07) is 10.4. The first-order chi connectivity index (χ1) is 12.6. The van der Waals surface area contributed by atoms with Crippen molar-refractivity contribution in [1.82, 2.24) is 9.97 Å². The number of nitrogens with one attached hydrogen (secondary N) is 1. The molecular formula is C19H22N4O2S. The minimum atomic E-state index is -0.0465. The topological polar surface area (TPSA) is 61.5 Å². The zero-order valence-electron chi connectivity index (χ0n) is 14.8. The molecule has 136 valence electrons. The lowest BCUT2D eigenvalue weighted by molar-refractivity contribution is 0.0987. The number of para-hydroxylation sites is 1. The summed E-state index contributed by atoms with van der Waals surface area (Å²) in [6.07, 6.45) is 0.959. The number of carbonyl (C=O) groups is 1. The molecule has 7 heteroatoms. The number of ether oxygens (including phenoxy) is 1. The van der Waals surface area contributed by atoms with Gasteiger partial charge >= 0.3 is 0 Å². The minimum absolute atomic E-state index is 0.0465. The van der Waals surface area contributed by atoms with Crippen molar-refractivity contribution in [3.8, 4) is 0 Å². The summed E-state index contributed by atoms with van der Waals surface area (Å²) in [5.41, 5.74) is 2.42. The van der Waals surface area contributed by atoms with Crippen LogP contribution < -0.4 is 9.80 Å². The number of Topliss-reactive ketones (excluding diaryl/α,β-unsaturated/α-hetero) is 1. The largest absolute Gasteiger partial charge is 0.378 e. The number of morpholine rings is 1. The Hall–Kier alpha value is -2.25. The number of nitrogens with zero attached hydrogens (tertiary/aromatic N) is 3. The summed E-state index contributed by atoms with van der Waals surface area (Å²) in [6.45, 7) is 5.34. The predicted molar refractivity (Wildman–Crippen MR) is 104 cm³/mol. The van der Waals surface area contributed by atoms with E-state index < -0.39 is 0 Å². The van der Waals surface area contributed by atoms with Crippen molar-refractivity contribution in [3.05, 3.63) is 46.4 Å². The molecule has 2 aliphatic rings. The van der Waals surface area contributed by atoms with Crippen molar-refractivity contribution >= 4 is 29.5 Å². The Morgan fingerprint density at radius 3 is 2.92 bits per heavy atom. The molecule has 1 aromatic carbocycles. The molecule has 0 radical (unpaired) electrons. The maximum Gasteiger partial charge on any atom is 0.217 e. The smallest absolute Gasteiger partial charge is 0.217 e. The zero-order valence-corrected chi connectivity index (χ0v) is 15.6. The summed E-state index contributed by atoms with van der Waals surface area (Å²) < 4.78 is 5.83. The van der Waals surface area contributed by atoms with Crippen LogP contribution in [0, 0.1) is 4.64 Å². The lowest BCUT2D eigenvalue weighted by Gasteiger charge is -2.28. The van der Waals surface area contributed by atoms with Crippen LogP contribution in [0.2, 0.25) is 0 Å². The molecule has 4 rings (SSSR count). The normalized spacial score (nSPS) is 19.5. The van der Waals surface area contributed by atoms with Gasteiger partial charge in [-0.2, -0.15) is 0 Å². The van der Waals surface area contributed by atoms with Gasteiger partial charge in [-0.25, -0.2) is 4.98 Å². The van der Waals surface area contributed by atoms with Crippen molar-refractivity contribution in [1.29, 1.82) is 0 Å². The third kappa shape index (κ3) is 3.37. The molecule has 1 N–H and O–H groups in total. The van der Waals surface area contributed by atoms with Crippen LogP contribution in [0.1, 0.15) is 23.1 Å². The first-order valence-electron chi connectivity index (χ1n) is 8.93. The van der Waals surface area contributed by atoms with E-state index in [2.05, 4.69) is 38.8 Å². The minimum Gasteiger partial charge on any atom is -0.378 e. The number of benzene rings is 1. The van der Waals surface area contributed by atoms with E-state index in [1.807, 2.05) is 18.2 Å². The van der Waals surface area contributed by atoms with Gasteiger partial charge < -0.3 is 19.5 Å². The quantitative estimate of drug-likeness (QED) is 0.659. The molecule has 3 heterocycles. The monoisotopic (exact) mass is 370 g/mol. The zero-order chi connectivity index (χ0) is 18.1. The van der Waals surface area contributed by atoms with Gasteiger partial charge in [-0.1, -0.05) is 30.4 Å². The van der Waals surface area contributed by atoms with Crippen LogP contribution in [0.4, 0.5) is 11.5 Å². The van der Waals surface area contributed by atoms with Crippen LogP contribution in [0.3, 0.4) is 0 Å². The van der Waals surface area contributed by atoms with E-state index in [1.165, 1.54) is 5.56 Å². The molecule has 0 amide bonds. The Bertz CT molecular complexity index is 876. The highest BCUT2D eigenvalue weighted by atomic mass is 32.1. The second-order valence-corrected chi connectivity index (χ2v) is 7.20. The molecule has 0 aliphatic carbocycles. The summed E-state index contributed by atoms with van der Waals surface area (Å²) in [5.74, 6) is 1.12. The Labute approximate surface area is 157 Å². The Balaban J connectivity index is 1.57. The van der Waals surface area contributed by atoms with Gasteiger partial charge in [0, 0.05) is 30.9 Å². The maximum atomic E-state index is 12.9. The molecule has 0 spiro atoms. The second-order valence-electron chi connectivity index (χ2n) is 6.79. The molecule has 0 unspecified atom stereocenters. The van der Waals surface area contributed by atoms with Crippen molar-refractivity contribution in [3.63, 3.8) is 0 Å². The lowest BCUT2D eigenvalue weighted by atomic mass is 10.1. The maximum absolute atomic E-state index is 12.9. The average Bonchev–Trinajstić information content (AvgIpc) is 2.97. The number of H-pyrrole nitrogens is 1. The molecule has 26 heavy (non-hydrogen) atoms. The number of ketones is 1. The first kappa shape index (κ1) is 17.2. The van der Waals surface area contributed by atoms with Crippen molar-refractivity contribution in [2.75, 3.05) is 42.6 Å². The van der Waals surface area contributed by atoms with Crippen LogP contribution in [-0.4, -0.2) is 54.6 Å². The van der Waals surface area contributed by atoms with E-state index in [9.17, 15) is 4.79 Å². The highest BCUT2D eigenvalue weighted by Gasteiger charge is 2.28. The SMILES string of the molecule is C[C@H]1Cc2ccccc2N1CC(=O)c1nc(=S)cc(N2CCOCC2)[nH]1. The fraction of sp³-hybridized carbons (Fsp3) is 0.421. The van der Waals surface area contributed by atoms with Gasteiger partial charge in [0.05, 0.1) is 19.8 Å². The highest BCUT2D eigenvalue weighted by Crippen LogP contribution is 2.31. The van der Waals surface area contributed by atoms with Crippen LogP contribution in [0.25, 0.3) is 0 Å². The summed E-state index contributed by atoms with van der Waals surface area (Å²) >= 11 is 5.29. The highest BCUT2D eigenvalue weighted by molar-refractivity contribution is 7.71. The van der Waals surface area contributed by atoms with Gasteiger partial charge in [-0.15, -0.1) is 0 Å². The Morgan fingerprint density at radius 1 is 1.35 bits per heavy atom. The van der Waals surface area contributed by atoms with Gasteiger partial charge in [-0.05, 0) is 25.0 Å². The number of hydrogen-bond acceptors (Lipinski definition) is 6. The average molecular weight is 370 g/mol. The van der Waals surface area contributed by atoms with Crippen LogP contribution in [0.15, 0.2) is 30.3 Å². The second kappa shape index (κ2) is 7.17. The Morgan fingerprint density at radius 2 is 2.12 bits per heavy atom. The number of rotatable bonds is 4. The molecule has 1 fully saturated rings. The predicted octanol–water partition coefficient (Wildman–Crippen LogP) is 2.61. The van der Waals surface area contributed by atoms with Gasteiger partial charge in [0.15, 0.2) is 5.82 Å². The van der Waals surface area contributed by atoms with E-state index >= 15 is 0 Å². The number of aromatic amines is 1. The molecule has 1 atom stereocenters. The molecule has 6 nitrogen and oxygen atoms in total. The third-order valence-electron chi connectivity index (χ3n) is 5.01. The standard InChI is InChI=1S/C19H22N4O2S/c1-13-10-14-4-2-3-5-15(14)23(13)12-16(24)19-20-17(11-18(26)21-19)22-6-8-25-9-7-22/h2-5,11,13H,6-10,12H2,1H3,(H,20,21,26)/t13-/m0/s1. The van der Waals surface area contributed by atoms with Crippen LogP contribution in [-0.2, 0) is 11.2 Å². The lowest BCUT2D eigenvalue weighted by Crippen LogP contribution is -2.38. The van der Waals surface area contributed by atoms with Gasteiger partial charge in [-0.3, -0.25) is 4.79 Å². The summed E-state index contributed by atoms with van der Waals surface area (Å²) in [4.78, 5) is 24.7. The van der Waals surface area contributed by atoms with E-state index in [1.54, 1.807) is 0 Å². The first-order valence-corrected chi connectivity index (χ1v) is 9.34. The molecular weight excluding hydrogens is 348 g/mol. The fourth-order valence-corrected chi connectivity index (χ4v) is 3.85. The van der Waals surface area contributed by atoms with Gasteiger partial charge in [0.2, 0.25) is 5.78 Å². The third-order valence-corrected chi connectivity index (χ3v) is 5.22. The van der Waals surface area contributed by atoms with E-state index in [-0.39, 0.29) is 5.78 Å². The van der Waals surface area contributed by atoms with Gasteiger partial charge in [0.1, 0.15) is 10.5 Å². The van der Waals surface area contributed by atoms with E-state index in [0.29, 0.717) is 36.3 Å². The number of anilines is 2. The number of carbonyl (C=O) groups excluding carboxylic acids is 1. The molecule has 1 aromatic heterocycles. The fourth-order valence-electron chi connectivity index (χ4n) is 3.65. The van der Waals surface area contributed by atoms with E-state index in [0.717, 1.165) is 31.0 Å². The molecule has 2 aliphatic heterocycles. The van der Waals surface area contributed by atoms with Crippen molar-refractivity contribution in [2.24, 2.45) is 0 Å². The molecule has 2 aromatic rings. The molecule has 0 saturated carbocycles. The van der Waals surface area contributed by atoms with E-state index in [4.69, 9.17) is 17.0 Å². The summed E-state index contributed by atoms with van der Waals surface area (Å²) in [7, 11) is 0. The van der Waals surface area contributed by atoms with Crippen LogP contribution >= 0.6 is 12.2 Å².